The lowest BCUT2D eigenvalue weighted by atomic mass is 10.4. The number of hydrogen-bond donors (Lipinski definition) is 1. The van der Waals surface area contributed by atoms with E-state index in [1.807, 2.05) is 0 Å². The van der Waals surface area contributed by atoms with E-state index in [9.17, 15) is 18.0 Å². The number of halogens is 3. The Morgan fingerprint density at radius 2 is 2.10 bits per heavy atom. The van der Waals surface area contributed by atoms with Gasteiger partial charge in [-0.3, -0.25) is 0 Å². The highest BCUT2D eigenvalue weighted by molar-refractivity contribution is 5.64. The van der Waals surface area contributed by atoms with E-state index in [2.05, 4.69) is 10.5 Å². The summed E-state index contributed by atoms with van der Waals surface area (Å²) < 4.78 is 38.1. The van der Waals surface area contributed by atoms with Crippen LogP contribution in [0.15, 0.2) is 0 Å². The van der Waals surface area contributed by atoms with Crippen molar-refractivity contribution in [2.75, 3.05) is 6.67 Å². The Morgan fingerprint density at radius 3 is 2.20 bits per heavy atom. The topological polar surface area (TPSA) is 52.3 Å². The van der Waals surface area contributed by atoms with Crippen molar-refractivity contribution in [2.24, 2.45) is 5.73 Å². The molecule has 0 saturated carbocycles. The minimum absolute atomic E-state index is 1.40. The maximum Gasteiger partial charge on any atom is 0.405 e. The van der Waals surface area contributed by atoms with Gasteiger partial charge in [-0.15, -0.1) is 0 Å². The smallest absolute Gasteiger partial charge is 0.405 e. The molecule has 0 aromatic carbocycles. The summed E-state index contributed by atoms with van der Waals surface area (Å²) in [7, 11) is 0. The third kappa shape index (κ3) is 3.16. The number of ether oxygens (including phenoxy) is 1. The van der Waals surface area contributed by atoms with Crippen LogP contribution in [0.25, 0.3) is 0 Å². The van der Waals surface area contributed by atoms with Gasteiger partial charge in [0.25, 0.3) is 6.43 Å². The first-order valence-corrected chi connectivity index (χ1v) is 2.38. The number of carbonyl (C=O) groups is 1. The van der Waals surface area contributed by atoms with Gasteiger partial charge in [0, 0.05) is 0 Å². The van der Waals surface area contributed by atoms with Gasteiger partial charge in [-0.05, 0) is 0 Å². The van der Waals surface area contributed by atoms with Crippen molar-refractivity contribution in [3.05, 3.63) is 0 Å². The Labute approximate surface area is 54.9 Å². The van der Waals surface area contributed by atoms with Crippen LogP contribution < -0.4 is 5.73 Å². The molecular formula is C4H6F3NO2. The van der Waals surface area contributed by atoms with Crippen LogP contribution in [0, 0.1) is 0 Å². The molecule has 1 atom stereocenters. The zero-order valence-electron chi connectivity index (χ0n) is 4.89. The summed E-state index contributed by atoms with van der Waals surface area (Å²) in [6.07, 6.45) is -6.46. The van der Waals surface area contributed by atoms with Crippen molar-refractivity contribution in [3.8, 4) is 0 Å². The van der Waals surface area contributed by atoms with Crippen LogP contribution >= 0.6 is 0 Å². The van der Waals surface area contributed by atoms with E-state index in [-0.39, 0.29) is 0 Å². The van der Waals surface area contributed by atoms with Gasteiger partial charge in [0.2, 0.25) is 0 Å². The van der Waals surface area contributed by atoms with Gasteiger partial charge in [0.15, 0.2) is 6.10 Å². The molecule has 0 aliphatic rings. The summed E-state index contributed by atoms with van der Waals surface area (Å²) in [5.74, 6) is 0. The van der Waals surface area contributed by atoms with Crippen LogP contribution in [-0.4, -0.2) is 25.3 Å². The number of alkyl halides is 3. The summed E-state index contributed by atoms with van der Waals surface area (Å²) in [6, 6.07) is 0. The predicted molar refractivity (Wildman–Crippen MR) is 26.4 cm³/mol. The summed E-state index contributed by atoms with van der Waals surface area (Å²) >= 11 is 0. The standard InChI is InChI=1S/C4H6F3NO2/c5-1-2(3(6)7)10-4(8)9/h2-3H,1H2,(H2,8,9). The van der Waals surface area contributed by atoms with Crippen molar-refractivity contribution in [1.82, 2.24) is 0 Å². The van der Waals surface area contributed by atoms with Gasteiger partial charge >= 0.3 is 6.09 Å². The van der Waals surface area contributed by atoms with Gasteiger partial charge in [-0.25, -0.2) is 18.0 Å². The van der Waals surface area contributed by atoms with Crippen LogP contribution in [-0.2, 0) is 4.74 Å². The van der Waals surface area contributed by atoms with Crippen LogP contribution in [0.4, 0.5) is 18.0 Å². The third-order valence-corrected chi connectivity index (χ3v) is 0.701. The molecule has 0 aromatic heterocycles. The third-order valence-electron chi connectivity index (χ3n) is 0.701. The maximum absolute atomic E-state index is 11.5. The van der Waals surface area contributed by atoms with Gasteiger partial charge in [0.1, 0.15) is 6.67 Å². The molecule has 0 rings (SSSR count). The molecule has 2 N–H and O–H groups in total. The zero-order valence-corrected chi connectivity index (χ0v) is 4.89. The molecule has 0 spiro atoms. The molecule has 3 nitrogen and oxygen atoms in total. The molecule has 10 heavy (non-hydrogen) atoms. The summed E-state index contributed by atoms with van der Waals surface area (Å²) in [5.41, 5.74) is 4.35. The first kappa shape index (κ1) is 9.06. The van der Waals surface area contributed by atoms with Crippen molar-refractivity contribution in [2.45, 2.75) is 12.5 Å². The fourth-order valence-electron chi connectivity index (χ4n) is 0.299. The molecule has 0 bridgehead atoms. The Bertz CT molecular complexity index is 119. The number of carbonyl (C=O) groups excluding carboxylic acids is 1. The van der Waals surface area contributed by atoms with E-state index in [4.69, 9.17) is 0 Å². The fraction of sp³-hybridized carbons (Fsp3) is 0.750. The number of rotatable bonds is 3. The van der Waals surface area contributed by atoms with E-state index in [0.717, 1.165) is 0 Å². The molecule has 0 aliphatic heterocycles. The molecule has 6 heteroatoms. The molecule has 1 amide bonds. The maximum atomic E-state index is 11.5. The van der Waals surface area contributed by atoms with Crippen LogP contribution in [0.3, 0.4) is 0 Å². The first-order chi connectivity index (χ1) is 4.57. The van der Waals surface area contributed by atoms with Crippen LogP contribution in [0.1, 0.15) is 0 Å². The Balaban J connectivity index is 3.71. The average molecular weight is 157 g/mol. The molecule has 0 radical (unpaired) electrons. The lowest BCUT2D eigenvalue weighted by Gasteiger charge is -2.10. The summed E-state index contributed by atoms with van der Waals surface area (Å²) in [4.78, 5) is 9.77. The molecule has 60 valence electrons. The molecule has 0 heterocycles. The van der Waals surface area contributed by atoms with Gasteiger partial charge in [-0.1, -0.05) is 0 Å². The minimum Gasteiger partial charge on any atom is -0.437 e. The molecule has 0 aromatic rings. The Morgan fingerprint density at radius 1 is 1.60 bits per heavy atom. The zero-order chi connectivity index (χ0) is 8.15. The molecule has 1 unspecified atom stereocenters. The van der Waals surface area contributed by atoms with Crippen molar-refractivity contribution in [3.63, 3.8) is 0 Å². The number of hydrogen-bond acceptors (Lipinski definition) is 2. The highest BCUT2D eigenvalue weighted by atomic mass is 19.3. The summed E-state index contributed by atoms with van der Waals surface area (Å²) in [5, 5.41) is 0. The number of primary amides is 1. The van der Waals surface area contributed by atoms with Crippen LogP contribution in [0.5, 0.6) is 0 Å². The van der Waals surface area contributed by atoms with Crippen molar-refractivity contribution in [1.29, 1.82) is 0 Å². The lowest BCUT2D eigenvalue weighted by molar-refractivity contribution is -0.0255. The van der Waals surface area contributed by atoms with Crippen molar-refractivity contribution < 1.29 is 22.7 Å². The highest BCUT2D eigenvalue weighted by Gasteiger charge is 2.23. The number of amides is 1. The van der Waals surface area contributed by atoms with E-state index < -0.39 is 25.3 Å². The summed E-state index contributed by atoms with van der Waals surface area (Å²) in [6.45, 7) is -1.43. The quantitative estimate of drug-likeness (QED) is 0.655. The van der Waals surface area contributed by atoms with Crippen molar-refractivity contribution >= 4 is 6.09 Å². The molecule has 0 aliphatic carbocycles. The van der Waals surface area contributed by atoms with E-state index in [0.29, 0.717) is 0 Å². The second-order valence-corrected chi connectivity index (χ2v) is 1.46. The SMILES string of the molecule is NC(=O)OC(CF)C(F)F. The van der Waals surface area contributed by atoms with Gasteiger partial charge in [-0.2, -0.15) is 0 Å². The Hall–Kier alpha value is -0.940. The monoisotopic (exact) mass is 157 g/mol. The molecule has 0 fully saturated rings. The largest absolute Gasteiger partial charge is 0.437 e. The fourth-order valence-corrected chi connectivity index (χ4v) is 0.299. The molecule has 0 saturated heterocycles. The lowest BCUT2D eigenvalue weighted by Crippen LogP contribution is -2.30. The first-order valence-electron chi connectivity index (χ1n) is 2.38. The average Bonchev–Trinajstić information content (AvgIpc) is 1.81. The normalized spacial score (nSPS) is 13.2. The van der Waals surface area contributed by atoms with Gasteiger partial charge in [0.05, 0.1) is 0 Å². The predicted octanol–water partition coefficient (Wildman–Crippen LogP) is 0.685. The molecular weight excluding hydrogens is 151 g/mol. The second kappa shape index (κ2) is 3.97. The van der Waals surface area contributed by atoms with Crippen LogP contribution in [0.2, 0.25) is 0 Å². The second-order valence-electron chi connectivity index (χ2n) is 1.46. The number of nitrogens with two attached hydrogens (primary N) is 1. The highest BCUT2D eigenvalue weighted by Crippen LogP contribution is 2.05. The van der Waals surface area contributed by atoms with Gasteiger partial charge < -0.3 is 10.5 Å². The van der Waals surface area contributed by atoms with E-state index in [1.54, 1.807) is 0 Å². The van der Waals surface area contributed by atoms with E-state index >= 15 is 0 Å². The Kier molecular flexibility index (Phi) is 3.60. The minimum atomic E-state index is -3.03. The van der Waals surface area contributed by atoms with E-state index in [1.165, 1.54) is 0 Å².